The van der Waals surface area contributed by atoms with Crippen LogP contribution in [0.3, 0.4) is 0 Å². The first kappa shape index (κ1) is 12.8. The van der Waals surface area contributed by atoms with Crippen LogP contribution in [0.15, 0.2) is 0 Å². The van der Waals surface area contributed by atoms with E-state index in [1.165, 1.54) is 37.3 Å². The third kappa shape index (κ3) is 2.27. The number of aromatic nitrogens is 3. The van der Waals surface area contributed by atoms with Gasteiger partial charge in [-0.25, -0.2) is 0 Å². The SMILES string of the molecule is CCOC1CC(Cc2nnc3n2CCNC3C2CC2)C1. The van der Waals surface area contributed by atoms with Crippen LogP contribution in [0.4, 0.5) is 0 Å². The molecule has 1 aliphatic heterocycles. The summed E-state index contributed by atoms with van der Waals surface area (Å²) in [4.78, 5) is 0. The van der Waals surface area contributed by atoms with E-state index in [-0.39, 0.29) is 0 Å². The molecular weight excluding hydrogens is 252 g/mol. The Balaban J connectivity index is 1.42. The largest absolute Gasteiger partial charge is 0.378 e. The van der Waals surface area contributed by atoms with Gasteiger partial charge in [0.15, 0.2) is 5.82 Å². The molecule has 2 fully saturated rings. The summed E-state index contributed by atoms with van der Waals surface area (Å²) in [6.45, 7) is 5.01. The Bertz CT molecular complexity index is 476. The smallest absolute Gasteiger partial charge is 0.150 e. The van der Waals surface area contributed by atoms with Crippen LogP contribution in [0, 0.1) is 11.8 Å². The van der Waals surface area contributed by atoms with Gasteiger partial charge in [-0.2, -0.15) is 0 Å². The fraction of sp³-hybridized carbons (Fsp3) is 0.867. The summed E-state index contributed by atoms with van der Waals surface area (Å²) < 4.78 is 8.03. The Morgan fingerprint density at radius 1 is 1.30 bits per heavy atom. The van der Waals surface area contributed by atoms with Gasteiger partial charge in [-0.05, 0) is 44.4 Å². The molecule has 110 valence electrons. The van der Waals surface area contributed by atoms with Gasteiger partial charge in [0.1, 0.15) is 5.82 Å². The van der Waals surface area contributed by atoms with Crippen molar-refractivity contribution in [1.29, 1.82) is 0 Å². The molecule has 1 atom stereocenters. The Hall–Kier alpha value is -0.940. The van der Waals surface area contributed by atoms with Gasteiger partial charge in [-0.1, -0.05) is 0 Å². The van der Waals surface area contributed by atoms with Gasteiger partial charge < -0.3 is 14.6 Å². The highest BCUT2D eigenvalue weighted by Gasteiger charge is 2.38. The Kier molecular flexibility index (Phi) is 3.27. The van der Waals surface area contributed by atoms with Gasteiger partial charge in [0.2, 0.25) is 0 Å². The van der Waals surface area contributed by atoms with Gasteiger partial charge in [-0.3, -0.25) is 0 Å². The van der Waals surface area contributed by atoms with Crippen LogP contribution in [-0.4, -0.2) is 34.0 Å². The number of hydrogen-bond donors (Lipinski definition) is 1. The maximum atomic E-state index is 5.64. The summed E-state index contributed by atoms with van der Waals surface area (Å²) in [5, 5.41) is 12.6. The topological polar surface area (TPSA) is 52.0 Å². The molecule has 2 heterocycles. The van der Waals surface area contributed by atoms with Crippen molar-refractivity contribution < 1.29 is 4.74 Å². The zero-order valence-electron chi connectivity index (χ0n) is 12.2. The average Bonchev–Trinajstić information content (AvgIpc) is 3.18. The first-order chi connectivity index (χ1) is 9.85. The molecule has 4 rings (SSSR count). The second kappa shape index (κ2) is 5.11. The third-order valence-corrected chi connectivity index (χ3v) is 4.99. The molecule has 1 aromatic rings. The van der Waals surface area contributed by atoms with Gasteiger partial charge in [0.25, 0.3) is 0 Å². The molecule has 0 radical (unpaired) electrons. The van der Waals surface area contributed by atoms with Crippen LogP contribution in [-0.2, 0) is 17.7 Å². The molecular formula is C15H24N4O. The minimum Gasteiger partial charge on any atom is -0.378 e. The van der Waals surface area contributed by atoms with Gasteiger partial charge >= 0.3 is 0 Å². The van der Waals surface area contributed by atoms with Crippen molar-refractivity contribution in [3.63, 3.8) is 0 Å². The molecule has 0 spiro atoms. The summed E-state index contributed by atoms with van der Waals surface area (Å²) in [5.74, 6) is 3.94. The average molecular weight is 276 g/mol. The summed E-state index contributed by atoms with van der Waals surface area (Å²) in [7, 11) is 0. The molecule has 0 saturated heterocycles. The van der Waals surface area contributed by atoms with E-state index in [9.17, 15) is 0 Å². The molecule has 0 bridgehead atoms. The van der Waals surface area contributed by atoms with Crippen LogP contribution in [0.2, 0.25) is 0 Å². The van der Waals surface area contributed by atoms with Gasteiger partial charge in [0, 0.05) is 26.1 Å². The van der Waals surface area contributed by atoms with E-state index in [1.807, 2.05) is 0 Å². The summed E-state index contributed by atoms with van der Waals surface area (Å²) in [6.07, 6.45) is 6.65. The normalized spacial score (nSPS) is 32.8. The lowest BCUT2D eigenvalue weighted by atomic mass is 9.80. The number of hydrogen-bond acceptors (Lipinski definition) is 4. The second-order valence-corrected chi connectivity index (χ2v) is 6.51. The summed E-state index contributed by atoms with van der Waals surface area (Å²) >= 11 is 0. The minimum absolute atomic E-state index is 0.461. The van der Waals surface area contributed by atoms with Crippen molar-refractivity contribution in [1.82, 2.24) is 20.1 Å². The van der Waals surface area contributed by atoms with E-state index >= 15 is 0 Å². The Labute approximate surface area is 120 Å². The Morgan fingerprint density at radius 2 is 2.15 bits per heavy atom. The molecule has 0 amide bonds. The minimum atomic E-state index is 0.461. The first-order valence-corrected chi connectivity index (χ1v) is 8.12. The van der Waals surface area contributed by atoms with Crippen molar-refractivity contribution >= 4 is 0 Å². The lowest BCUT2D eigenvalue weighted by Crippen LogP contribution is -2.37. The molecule has 20 heavy (non-hydrogen) atoms. The van der Waals surface area contributed by atoms with E-state index < -0.39 is 0 Å². The zero-order valence-corrected chi connectivity index (χ0v) is 12.2. The van der Waals surface area contributed by atoms with Crippen molar-refractivity contribution in [2.24, 2.45) is 11.8 Å². The van der Waals surface area contributed by atoms with Crippen molar-refractivity contribution in [2.45, 2.75) is 57.7 Å². The maximum absolute atomic E-state index is 5.64. The number of nitrogens with zero attached hydrogens (tertiary/aromatic N) is 3. The number of rotatable bonds is 5. The molecule has 0 aromatic carbocycles. The monoisotopic (exact) mass is 276 g/mol. The van der Waals surface area contributed by atoms with Crippen LogP contribution in [0.25, 0.3) is 0 Å². The van der Waals surface area contributed by atoms with Crippen molar-refractivity contribution in [2.75, 3.05) is 13.2 Å². The lowest BCUT2D eigenvalue weighted by Gasteiger charge is -2.35. The zero-order chi connectivity index (χ0) is 13.5. The van der Waals surface area contributed by atoms with Crippen molar-refractivity contribution in [3.8, 4) is 0 Å². The van der Waals surface area contributed by atoms with E-state index in [0.29, 0.717) is 12.1 Å². The van der Waals surface area contributed by atoms with Crippen LogP contribution >= 0.6 is 0 Å². The van der Waals surface area contributed by atoms with E-state index in [1.54, 1.807) is 0 Å². The van der Waals surface area contributed by atoms with Crippen LogP contribution in [0.1, 0.15) is 50.3 Å². The van der Waals surface area contributed by atoms with E-state index in [0.717, 1.165) is 38.0 Å². The second-order valence-electron chi connectivity index (χ2n) is 6.51. The third-order valence-electron chi connectivity index (χ3n) is 4.99. The fourth-order valence-electron chi connectivity index (χ4n) is 3.68. The molecule has 5 heteroatoms. The summed E-state index contributed by atoms with van der Waals surface area (Å²) in [5.41, 5.74) is 0. The molecule has 2 saturated carbocycles. The van der Waals surface area contributed by atoms with E-state index in [2.05, 4.69) is 27.0 Å². The van der Waals surface area contributed by atoms with Crippen LogP contribution in [0.5, 0.6) is 0 Å². The molecule has 5 nitrogen and oxygen atoms in total. The highest BCUT2D eigenvalue weighted by Crippen LogP contribution is 2.41. The number of fused-ring (bicyclic) bond motifs is 1. The van der Waals surface area contributed by atoms with Gasteiger partial charge in [0.05, 0.1) is 12.1 Å². The number of nitrogens with one attached hydrogen (secondary N) is 1. The molecule has 1 aromatic heterocycles. The molecule has 1 unspecified atom stereocenters. The van der Waals surface area contributed by atoms with E-state index in [4.69, 9.17) is 4.74 Å². The standard InChI is InChI=1S/C15H24N4O/c1-2-20-12-7-10(8-12)9-13-17-18-15-14(11-3-4-11)16-5-6-19(13)15/h10-12,14,16H,2-9H2,1H3. The highest BCUT2D eigenvalue weighted by atomic mass is 16.5. The molecule has 3 aliphatic rings. The van der Waals surface area contributed by atoms with Gasteiger partial charge in [-0.15, -0.1) is 10.2 Å². The Morgan fingerprint density at radius 3 is 2.90 bits per heavy atom. The molecule has 1 N–H and O–H groups in total. The van der Waals surface area contributed by atoms with Crippen LogP contribution < -0.4 is 5.32 Å². The maximum Gasteiger partial charge on any atom is 0.150 e. The molecule has 2 aliphatic carbocycles. The lowest BCUT2D eigenvalue weighted by molar-refractivity contribution is -0.0247. The first-order valence-electron chi connectivity index (χ1n) is 8.12. The summed E-state index contributed by atoms with van der Waals surface area (Å²) in [6, 6.07) is 0.461. The highest BCUT2D eigenvalue weighted by molar-refractivity contribution is 5.09. The fourth-order valence-corrected chi connectivity index (χ4v) is 3.68. The number of ether oxygens (including phenoxy) is 1. The van der Waals surface area contributed by atoms with Crippen molar-refractivity contribution in [3.05, 3.63) is 11.6 Å². The predicted octanol–water partition coefficient (Wildman–Crippen LogP) is 1.69. The quantitative estimate of drug-likeness (QED) is 0.889. The predicted molar refractivity (Wildman–Crippen MR) is 75.3 cm³/mol.